The van der Waals surface area contributed by atoms with E-state index in [2.05, 4.69) is 20.8 Å². The molecule has 27 heavy (non-hydrogen) atoms. The fourth-order valence-electron chi connectivity index (χ4n) is 2.90. The molecule has 9 heteroatoms. The number of nitrogens with one attached hydrogen (secondary N) is 1. The number of aromatic nitrogens is 4. The highest BCUT2D eigenvalue weighted by molar-refractivity contribution is 5.93. The van der Waals surface area contributed by atoms with Gasteiger partial charge in [-0.05, 0) is 68.3 Å². The van der Waals surface area contributed by atoms with E-state index < -0.39 is 5.60 Å². The second-order valence-corrected chi connectivity index (χ2v) is 7.56. The molecule has 1 saturated heterocycles. The number of ether oxygens (including phenoxy) is 1. The maximum atomic E-state index is 12.6. The average molecular weight is 372 g/mol. The zero-order chi connectivity index (χ0) is 19.4. The molecule has 1 aromatic heterocycles. The Morgan fingerprint density at radius 3 is 2.59 bits per heavy atom. The van der Waals surface area contributed by atoms with Crippen LogP contribution in [0.1, 0.15) is 33.6 Å². The van der Waals surface area contributed by atoms with Crippen LogP contribution in [0, 0.1) is 5.92 Å². The van der Waals surface area contributed by atoms with E-state index in [0.717, 1.165) is 18.5 Å². The molecule has 1 aromatic carbocycles. The number of rotatable bonds is 3. The van der Waals surface area contributed by atoms with Gasteiger partial charge < -0.3 is 15.0 Å². The van der Waals surface area contributed by atoms with Crippen molar-refractivity contribution in [2.75, 3.05) is 18.4 Å². The molecular formula is C18H24N6O3. The van der Waals surface area contributed by atoms with Crippen molar-refractivity contribution in [3.05, 3.63) is 30.6 Å². The molecule has 1 fully saturated rings. The Hall–Kier alpha value is -2.97. The van der Waals surface area contributed by atoms with Gasteiger partial charge >= 0.3 is 6.09 Å². The minimum atomic E-state index is -0.548. The summed E-state index contributed by atoms with van der Waals surface area (Å²) in [5.41, 5.74) is 0.936. The number of anilines is 1. The van der Waals surface area contributed by atoms with Crippen molar-refractivity contribution in [3.8, 4) is 5.69 Å². The third kappa shape index (κ3) is 5.02. The predicted octanol–water partition coefficient (Wildman–Crippen LogP) is 2.25. The van der Waals surface area contributed by atoms with Gasteiger partial charge in [-0.3, -0.25) is 4.79 Å². The summed E-state index contributed by atoms with van der Waals surface area (Å²) in [5.74, 6) is -0.358. The summed E-state index contributed by atoms with van der Waals surface area (Å²) in [6, 6.07) is 7.23. The molecule has 2 heterocycles. The van der Waals surface area contributed by atoms with Crippen LogP contribution in [0.5, 0.6) is 0 Å². The molecule has 0 bridgehead atoms. The van der Waals surface area contributed by atoms with Gasteiger partial charge in [0.1, 0.15) is 11.9 Å². The number of amides is 2. The molecule has 2 amide bonds. The van der Waals surface area contributed by atoms with Gasteiger partial charge in [0.2, 0.25) is 5.91 Å². The minimum Gasteiger partial charge on any atom is -0.444 e. The van der Waals surface area contributed by atoms with Crippen molar-refractivity contribution in [2.24, 2.45) is 5.92 Å². The quantitative estimate of drug-likeness (QED) is 0.886. The summed E-state index contributed by atoms with van der Waals surface area (Å²) >= 11 is 0. The Balaban J connectivity index is 1.58. The number of tetrazole rings is 1. The van der Waals surface area contributed by atoms with Crippen LogP contribution in [0.2, 0.25) is 0 Å². The summed E-state index contributed by atoms with van der Waals surface area (Å²) in [6.07, 6.45) is 2.65. The van der Waals surface area contributed by atoms with E-state index >= 15 is 0 Å². The molecule has 1 atom stereocenters. The van der Waals surface area contributed by atoms with Crippen LogP contribution in [-0.4, -0.2) is 55.8 Å². The van der Waals surface area contributed by atoms with Crippen molar-refractivity contribution >= 4 is 17.7 Å². The van der Waals surface area contributed by atoms with Crippen molar-refractivity contribution < 1.29 is 14.3 Å². The Morgan fingerprint density at radius 1 is 1.22 bits per heavy atom. The highest BCUT2D eigenvalue weighted by Gasteiger charge is 2.31. The number of likely N-dealkylation sites (tertiary alicyclic amines) is 1. The fraction of sp³-hybridized carbons (Fsp3) is 0.500. The number of hydrogen-bond donors (Lipinski definition) is 1. The lowest BCUT2D eigenvalue weighted by molar-refractivity contribution is -0.121. The topological polar surface area (TPSA) is 102 Å². The fourth-order valence-corrected chi connectivity index (χ4v) is 2.90. The Labute approximate surface area is 157 Å². The zero-order valence-corrected chi connectivity index (χ0v) is 15.8. The molecule has 0 radical (unpaired) electrons. The van der Waals surface area contributed by atoms with E-state index in [9.17, 15) is 9.59 Å². The molecule has 2 aromatic rings. The molecule has 1 N–H and O–H groups in total. The smallest absolute Gasteiger partial charge is 0.410 e. The summed E-state index contributed by atoms with van der Waals surface area (Å²) in [6.45, 7) is 6.47. The monoisotopic (exact) mass is 372 g/mol. The van der Waals surface area contributed by atoms with Gasteiger partial charge in [0.05, 0.1) is 11.6 Å². The average Bonchev–Trinajstić information content (AvgIpc) is 3.16. The summed E-state index contributed by atoms with van der Waals surface area (Å²) in [5, 5.41) is 13.9. The number of piperidine rings is 1. The first-order chi connectivity index (χ1) is 12.8. The van der Waals surface area contributed by atoms with Gasteiger partial charge in [-0.15, -0.1) is 5.10 Å². The molecule has 0 saturated carbocycles. The molecule has 9 nitrogen and oxygen atoms in total. The van der Waals surface area contributed by atoms with Gasteiger partial charge in [0.15, 0.2) is 0 Å². The minimum absolute atomic E-state index is 0.0987. The van der Waals surface area contributed by atoms with E-state index in [1.165, 1.54) is 11.0 Å². The van der Waals surface area contributed by atoms with Crippen molar-refractivity contribution in [1.29, 1.82) is 0 Å². The van der Waals surface area contributed by atoms with Crippen LogP contribution in [0.25, 0.3) is 5.69 Å². The summed E-state index contributed by atoms with van der Waals surface area (Å²) < 4.78 is 6.94. The van der Waals surface area contributed by atoms with Crippen molar-refractivity contribution in [1.82, 2.24) is 25.1 Å². The molecule has 1 aliphatic heterocycles. The third-order valence-electron chi connectivity index (χ3n) is 4.19. The summed E-state index contributed by atoms with van der Waals surface area (Å²) in [7, 11) is 0. The lowest BCUT2D eigenvalue weighted by Crippen LogP contribution is -2.45. The highest BCUT2D eigenvalue weighted by atomic mass is 16.6. The first-order valence-electron chi connectivity index (χ1n) is 8.94. The van der Waals surface area contributed by atoms with Crippen LogP contribution in [0.15, 0.2) is 30.6 Å². The van der Waals surface area contributed by atoms with Crippen LogP contribution < -0.4 is 5.32 Å². The third-order valence-corrected chi connectivity index (χ3v) is 4.19. The second-order valence-electron chi connectivity index (χ2n) is 7.56. The van der Waals surface area contributed by atoms with Gasteiger partial charge in [-0.25, -0.2) is 9.48 Å². The van der Waals surface area contributed by atoms with Gasteiger partial charge in [0.25, 0.3) is 0 Å². The lowest BCUT2D eigenvalue weighted by Gasteiger charge is -2.33. The van der Waals surface area contributed by atoms with E-state index in [0.29, 0.717) is 18.8 Å². The Kier molecular flexibility index (Phi) is 5.38. The van der Waals surface area contributed by atoms with Crippen LogP contribution >= 0.6 is 0 Å². The first kappa shape index (κ1) is 18.8. The molecular weight excluding hydrogens is 348 g/mol. The second kappa shape index (κ2) is 7.73. The maximum Gasteiger partial charge on any atom is 0.410 e. The summed E-state index contributed by atoms with van der Waals surface area (Å²) in [4.78, 5) is 26.5. The predicted molar refractivity (Wildman–Crippen MR) is 98.3 cm³/mol. The van der Waals surface area contributed by atoms with Gasteiger partial charge in [-0.1, -0.05) is 0 Å². The molecule has 1 unspecified atom stereocenters. The van der Waals surface area contributed by atoms with Crippen LogP contribution in [0.4, 0.5) is 10.5 Å². The molecule has 1 aliphatic rings. The van der Waals surface area contributed by atoms with Gasteiger partial charge in [0, 0.05) is 18.8 Å². The number of carbonyl (C=O) groups excluding carboxylic acids is 2. The number of nitrogens with zero attached hydrogens (tertiary/aromatic N) is 5. The number of carbonyl (C=O) groups is 2. The molecule has 0 spiro atoms. The normalized spacial score (nSPS) is 17.4. The van der Waals surface area contributed by atoms with E-state index in [1.54, 1.807) is 17.0 Å². The van der Waals surface area contributed by atoms with Crippen molar-refractivity contribution in [3.63, 3.8) is 0 Å². The molecule has 3 rings (SSSR count). The van der Waals surface area contributed by atoms with Gasteiger partial charge in [-0.2, -0.15) is 0 Å². The van der Waals surface area contributed by atoms with E-state index in [1.807, 2.05) is 32.9 Å². The SMILES string of the molecule is CC(C)(C)OC(=O)N1CCCC(C(=O)Nc2ccc(-n3cnnn3)cc2)C1. The number of hydrogen-bond acceptors (Lipinski definition) is 6. The van der Waals surface area contributed by atoms with E-state index in [-0.39, 0.29) is 17.9 Å². The van der Waals surface area contributed by atoms with E-state index in [4.69, 9.17) is 4.74 Å². The zero-order valence-electron chi connectivity index (χ0n) is 15.8. The number of benzene rings is 1. The lowest BCUT2D eigenvalue weighted by atomic mass is 9.97. The molecule has 0 aliphatic carbocycles. The standard InChI is InChI=1S/C18H24N6O3/c1-18(2,3)27-17(26)23-10-4-5-13(11-23)16(25)20-14-6-8-15(9-7-14)24-12-19-21-22-24/h6-9,12-13H,4-5,10-11H2,1-3H3,(H,20,25). The van der Waals surface area contributed by atoms with Crippen LogP contribution in [-0.2, 0) is 9.53 Å². The Bertz CT molecular complexity index is 782. The van der Waals surface area contributed by atoms with Crippen molar-refractivity contribution in [2.45, 2.75) is 39.2 Å². The first-order valence-corrected chi connectivity index (χ1v) is 8.94. The highest BCUT2D eigenvalue weighted by Crippen LogP contribution is 2.21. The molecule has 144 valence electrons. The Morgan fingerprint density at radius 2 is 1.96 bits per heavy atom. The largest absolute Gasteiger partial charge is 0.444 e. The maximum absolute atomic E-state index is 12.6. The van der Waals surface area contributed by atoms with Crippen LogP contribution in [0.3, 0.4) is 0 Å².